The normalized spacial score (nSPS) is 10.8. The second-order valence-corrected chi connectivity index (χ2v) is 3.27. The molecule has 1 aromatic rings. The van der Waals surface area contributed by atoms with Crippen molar-refractivity contribution < 1.29 is 4.79 Å². The number of nitrogens with one attached hydrogen (secondary N) is 1. The van der Waals surface area contributed by atoms with Crippen molar-refractivity contribution >= 4 is 24.0 Å². The summed E-state index contributed by atoms with van der Waals surface area (Å²) in [6.45, 7) is 1.45. The van der Waals surface area contributed by atoms with Gasteiger partial charge in [0.1, 0.15) is 0 Å². The van der Waals surface area contributed by atoms with E-state index in [0.717, 1.165) is 11.3 Å². The number of amides is 1. The van der Waals surface area contributed by atoms with Crippen LogP contribution < -0.4 is 11.1 Å². The number of benzene rings is 1. The van der Waals surface area contributed by atoms with Gasteiger partial charge in [-0.15, -0.1) is 12.4 Å². The zero-order valence-electron chi connectivity index (χ0n) is 8.93. The molecule has 3 N–H and O–H groups in total. The van der Waals surface area contributed by atoms with Crippen molar-refractivity contribution in [2.24, 2.45) is 5.73 Å². The molecule has 0 aliphatic carbocycles. The molecule has 4 nitrogen and oxygen atoms in total. The lowest BCUT2D eigenvalue weighted by Gasteiger charge is -2.08. The Labute approximate surface area is 101 Å². The molecule has 5 heteroatoms. The quantitative estimate of drug-likeness (QED) is 0.847. The summed E-state index contributed by atoms with van der Waals surface area (Å²) < 4.78 is 0. The molecule has 0 aliphatic heterocycles. The lowest BCUT2D eigenvalue weighted by molar-refractivity contribution is -0.114. The largest absolute Gasteiger partial charge is 0.326 e. The molecule has 0 aromatic heterocycles. The highest BCUT2D eigenvalue weighted by molar-refractivity contribution is 5.88. The molecule has 0 radical (unpaired) electrons. The van der Waals surface area contributed by atoms with Crippen LogP contribution in [0.15, 0.2) is 24.3 Å². The summed E-state index contributed by atoms with van der Waals surface area (Å²) in [6, 6.07) is 8.92. The molecule has 0 spiro atoms. The Kier molecular flexibility index (Phi) is 6.16. The van der Waals surface area contributed by atoms with E-state index in [0.29, 0.717) is 6.42 Å². The molecule has 1 amide bonds. The van der Waals surface area contributed by atoms with E-state index in [1.165, 1.54) is 6.92 Å². The molecule has 0 heterocycles. The predicted octanol–water partition coefficient (Wildman–Crippen LogP) is 1.98. The van der Waals surface area contributed by atoms with Crippen LogP contribution in [0.3, 0.4) is 0 Å². The number of anilines is 1. The molecule has 1 atom stereocenters. The van der Waals surface area contributed by atoms with Crippen molar-refractivity contribution in [3.63, 3.8) is 0 Å². The van der Waals surface area contributed by atoms with Gasteiger partial charge >= 0.3 is 0 Å². The summed E-state index contributed by atoms with van der Waals surface area (Å²) >= 11 is 0. The minimum absolute atomic E-state index is 0. The van der Waals surface area contributed by atoms with E-state index in [9.17, 15) is 4.79 Å². The molecule has 0 unspecified atom stereocenters. The van der Waals surface area contributed by atoms with Gasteiger partial charge in [-0.05, 0) is 17.7 Å². The van der Waals surface area contributed by atoms with Gasteiger partial charge in [-0.25, -0.2) is 0 Å². The molecule has 0 bridgehead atoms. The van der Waals surface area contributed by atoms with Gasteiger partial charge in [-0.1, -0.05) is 12.1 Å². The van der Waals surface area contributed by atoms with Crippen LogP contribution in [0.1, 0.15) is 24.9 Å². The third-order valence-corrected chi connectivity index (χ3v) is 1.97. The summed E-state index contributed by atoms with van der Waals surface area (Å²) in [6.07, 6.45) is 0.291. The number of nitrogens with two attached hydrogens (primary N) is 1. The zero-order chi connectivity index (χ0) is 11.3. The Hall–Kier alpha value is -1.57. The molecule has 0 aliphatic rings. The molecule has 86 valence electrons. The van der Waals surface area contributed by atoms with Crippen molar-refractivity contribution in [1.29, 1.82) is 5.26 Å². The SMILES string of the molecule is CC(=O)Nc1ccc([C@H](N)CC#N)cc1.Cl. The minimum atomic E-state index is -0.263. The van der Waals surface area contributed by atoms with Crippen LogP contribution in [0.25, 0.3) is 0 Å². The van der Waals surface area contributed by atoms with E-state index in [-0.39, 0.29) is 24.4 Å². The number of hydrogen-bond acceptors (Lipinski definition) is 3. The van der Waals surface area contributed by atoms with Gasteiger partial charge in [0.15, 0.2) is 0 Å². The molecular weight excluding hydrogens is 226 g/mol. The number of carbonyl (C=O) groups excluding carboxylic acids is 1. The van der Waals surface area contributed by atoms with Gasteiger partial charge in [0.05, 0.1) is 12.5 Å². The number of rotatable bonds is 3. The van der Waals surface area contributed by atoms with E-state index >= 15 is 0 Å². The fourth-order valence-corrected chi connectivity index (χ4v) is 1.23. The summed E-state index contributed by atoms with van der Waals surface area (Å²) in [7, 11) is 0. The van der Waals surface area contributed by atoms with Gasteiger partial charge in [-0.2, -0.15) is 5.26 Å². The summed E-state index contributed by atoms with van der Waals surface area (Å²) in [5.74, 6) is -0.107. The van der Waals surface area contributed by atoms with Gasteiger partial charge < -0.3 is 11.1 Å². The molecular formula is C11H14ClN3O. The standard InChI is InChI=1S/C11H13N3O.ClH/c1-8(15)14-10-4-2-9(3-5-10)11(13)6-7-12;/h2-5,11H,6,13H2,1H3,(H,14,15);1H/t11-;/m1./s1. The van der Waals surface area contributed by atoms with Crippen molar-refractivity contribution in [2.45, 2.75) is 19.4 Å². The Morgan fingerprint density at radius 2 is 2.06 bits per heavy atom. The van der Waals surface area contributed by atoms with Gasteiger partial charge in [0.25, 0.3) is 0 Å². The van der Waals surface area contributed by atoms with E-state index in [1.54, 1.807) is 12.1 Å². The van der Waals surface area contributed by atoms with Gasteiger partial charge in [-0.3, -0.25) is 4.79 Å². The number of nitriles is 1. The highest BCUT2D eigenvalue weighted by atomic mass is 35.5. The number of carbonyl (C=O) groups is 1. The Morgan fingerprint density at radius 1 is 1.50 bits per heavy atom. The van der Waals surface area contributed by atoms with E-state index in [1.807, 2.05) is 18.2 Å². The first kappa shape index (κ1) is 14.4. The Bertz CT molecular complexity index is 383. The fourth-order valence-electron chi connectivity index (χ4n) is 1.23. The fraction of sp³-hybridized carbons (Fsp3) is 0.273. The van der Waals surface area contributed by atoms with Crippen molar-refractivity contribution in [1.82, 2.24) is 0 Å². The van der Waals surface area contributed by atoms with Crippen molar-refractivity contribution in [3.05, 3.63) is 29.8 Å². The topological polar surface area (TPSA) is 78.9 Å². The Balaban J connectivity index is 0.00000225. The lowest BCUT2D eigenvalue weighted by Crippen LogP contribution is -2.10. The number of hydrogen-bond donors (Lipinski definition) is 2. The highest BCUT2D eigenvalue weighted by Crippen LogP contribution is 2.16. The van der Waals surface area contributed by atoms with Gasteiger partial charge in [0, 0.05) is 18.7 Å². The first-order valence-corrected chi connectivity index (χ1v) is 4.63. The number of nitrogens with zero attached hydrogens (tertiary/aromatic N) is 1. The first-order chi connectivity index (χ1) is 7.13. The van der Waals surface area contributed by atoms with Crippen LogP contribution in [-0.4, -0.2) is 5.91 Å². The average Bonchev–Trinajstić information content (AvgIpc) is 2.18. The Morgan fingerprint density at radius 3 is 2.50 bits per heavy atom. The maximum absolute atomic E-state index is 10.8. The lowest BCUT2D eigenvalue weighted by atomic mass is 10.1. The molecule has 0 saturated heterocycles. The molecule has 0 saturated carbocycles. The molecule has 1 aromatic carbocycles. The predicted molar refractivity (Wildman–Crippen MR) is 65.2 cm³/mol. The van der Waals surface area contributed by atoms with E-state index < -0.39 is 0 Å². The maximum Gasteiger partial charge on any atom is 0.221 e. The third kappa shape index (κ3) is 4.30. The van der Waals surface area contributed by atoms with Crippen molar-refractivity contribution in [2.75, 3.05) is 5.32 Å². The second kappa shape index (κ2) is 6.83. The minimum Gasteiger partial charge on any atom is -0.326 e. The second-order valence-electron chi connectivity index (χ2n) is 3.27. The van der Waals surface area contributed by atoms with Crippen LogP contribution in [0.2, 0.25) is 0 Å². The zero-order valence-corrected chi connectivity index (χ0v) is 9.75. The third-order valence-electron chi connectivity index (χ3n) is 1.97. The first-order valence-electron chi connectivity index (χ1n) is 4.63. The summed E-state index contributed by atoms with van der Waals surface area (Å²) in [4.78, 5) is 10.8. The maximum atomic E-state index is 10.8. The van der Waals surface area contributed by atoms with Crippen LogP contribution in [0, 0.1) is 11.3 Å². The van der Waals surface area contributed by atoms with Crippen molar-refractivity contribution in [3.8, 4) is 6.07 Å². The van der Waals surface area contributed by atoms with Gasteiger partial charge in [0.2, 0.25) is 5.91 Å². The summed E-state index contributed by atoms with van der Waals surface area (Å²) in [5.41, 5.74) is 7.37. The number of halogens is 1. The smallest absolute Gasteiger partial charge is 0.221 e. The average molecular weight is 240 g/mol. The molecule has 16 heavy (non-hydrogen) atoms. The summed E-state index contributed by atoms with van der Waals surface area (Å²) in [5, 5.41) is 11.1. The van der Waals surface area contributed by atoms with Crippen LogP contribution in [-0.2, 0) is 4.79 Å². The highest BCUT2D eigenvalue weighted by Gasteiger charge is 2.04. The van der Waals surface area contributed by atoms with Crippen LogP contribution >= 0.6 is 12.4 Å². The van der Waals surface area contributed by atoms with Crippen LogP contribution in [0.5, 0.6) is 0 Å². The van der Waals surface area contributed by atoms with E-state index in [2.05, 4.69) is 5.32 Å². The molecule has 0 fully saturated rings. The molecule has 1 rings (SSSR count). The van der Waals surface area contributed by atoms with Crippen LogP contribution in [0.4, 0.5) is 5.69 Å². The van der Waals surface area contributed by atoms with E-state index in [4.69, 9.17) is 11.0 Å². The monoisotopic (exact) mass is 239 g/mol.